The second-order valence-electron chi connectivity index (χ2n) is 4.24. The molecule has 0 aliphatic carbocycles. The molecule has 3 aromatic rings. The molecule has 0 saturated heterocycles. The maximum atomic E-state index is 13.1. The second-order valence-corrected chi connectivity index (χ2v) is 4.24. The largest absolute Gasteiger partial charge is 0.417 e. The summed E-state index contributed by atoms with van der Waals surface area (Å²) in [5.74, 6) is 0.238. The Hall–Kier alpha value is -2.30. The van der Waals surface area contributed by atoms with Crippen molar-refractivity contribution in [3.05, 3.63) is 48.0 Å². The maximum Gasteiger partial charge on any atom is 0.417 e. The molecule has 0 atom stereocenters. The van der Waals surface area contributed by atoms with Crippen LogP contribution in [0.3, 0.4) is 0 Å². The van der Waals surface area contributed by atoms with Gasteiger partial charge in [-0.3, -0.25) is 0 Å². The van der Waals surface area contributed by atoms with Crippen LogP contribution in [0.15, 0.2) is 42.5 Å². The number of anilines is 1. The van der Waals surface area contributed by atoms with E-state index in [0.717, 1.165) is 6.07 Å². The summed E-state index contributed by atoms with van der Waals surface area (Å²) in [7, 11) is 0. The minimum atomic E-state index is -4.42. The van der Waals surface area contributed by atoms with Crippen LogP contribution >= 0.6 is 0 Å². The first kappa shape index (κ1) is 11.8. The van der Waals surface area contributed by atoms with Crippen LogP contribution in [-0.4, -0.2) is 4.98 Å². The minimum Gasteiger partial charge on any atom is -0.383 e. The van der Waals surface area contributed by atoms with Crippen molar-refractivity contribution in [2.45, 2.75) is 6.18 Å². The number of benzene rings is 2. The number of pyridine rings is 1. The van der Waals surface area contributed by atoms with Gasteiger partial charge in [0.2, 0.25) is 0 Å². The molecule has 0 unspecified atom stereocenters. The van der Waals surface area contributed by atoms with Crippen molar-refractivity contribution in [3.8, 4) is 0 Å². The van der Waals surface area contributed by atoms with Crippen molar-refractivity contribution >= 4 is 27.5 Å². The predicted octanol–water partition coefficient (Wildman–Crippen LogP) is 3.99. The van der Waals surface area contributed by atoms with E-state index < -0.39 is 11.7 Å². The maximum absolute atomic E-state index is 13.1. The molecule has 19 heavy (non-hydrogen) atoms. The van der Waals surface area contributed by atoms with Crippen molar-refractivity contribution in [3.63, 3.8) is 0 Å². The van der Waals surface area contributed by atoms with Gasteiger partial charge in [0.1, 0.15) is 5.82 Å². The summed E-state index contributed by atoms with van der Waals surface area (Å²) in [5, 5.41) is 1.10. The number of fused-ring (bicyclic) bond motifs is 3. The molecule has 0 spiro atoms. The molecule has 5 heteroatoms. The van der Waals surface area contributed by atoms with Gasteiger partial charge < -0.3 is 5.73 Å². The second kappa shape index (κ2) is 3.85. The van der Waals surface area contributed by atoms with Crippen LogP contribution in [0.5, 0.6) is 0 Å². The van der Waals surface area contributed by atoms with Gasteiger partial charge in [0.05, 0.1) is 11.1 Å². The zero-order valence-corrected chi connectivity index (χ0v) is 9.70. The molecule has 0 aliphatic heterocycles. The summed E-state index contributed by atoms with van der Waals surface area (Å²) < 4.78 is 39.3. The molecule has 1 heterocycles. The number of nitrogens with zero attached hydrogens (tertiary/aromatic N) is 1. The highest BCUT2D eigenvalue weighted by molar-refractivity contribution is 6.11. The molecule has 0 fully saturated rings. The Balaban J connectivity index is 2.58. The Bertz CT molecular complexity index is 779. The molecule has 0 saturated carbocycles. The molecule has 96 valence electrons. The Morgan fingerprint density at radius 2 is 1.58 bits per heavy atom. The number of nitrogens with two attached hydrogens (primary N) is 1. The van der Waals surface area contributed by atoms with Crippen molar-refractivity contribution in [1.82, 2.24) is 4.98 Å². The average Bonchev–Trinajstić information content (AvgIpc) is 2.37. The summed E-state index contributed by atoms with van der Waals surface area (Å²) in [6.07, 6.45) is -4.42. The quantitative estimate of drug-likeness (QED) is 0.622. The molecular formula is C14H9F3N2. The fourth-order valence-corrected chi connectivity index (χ4v) is 2.27. The van der Waals surface area contributed by atoms with E-state index in [1.54, 1.807) is 24.3 Å². The number of alkyl halides is 3. The monoisotopic (exact) mass is 262 g/mol. The lowest BCUT2D eigenvalue weighted by Crippen LogP contribution is -2.06. The van der Waals surface area contributed by atoms with Crippen LogP contribution in [0.1, 0.15) is 5.56 Å². The molecule has 1 aromatic heterocycles. The zero-order valence-electron chi connectivity index (χ0n) is 9.70. The van der Waals surface area contributed by atoms with Gasteiger partial charge in [-0.15, -0.1) is 0 Å². The molecule has 0 aliphatic rings. The first-order chi connectivity index (χ1) is 8.98. The molecular weight excluding hydrogens is 253 g/mol. The minimum absolute atomic E-state index is 0.0970. The van der Waals surface area contributed by atoms with E-state index >= 15 is 0 Å². The number of rotatable bonds is 0. The van der Waals surface area contributed by atoms with E-state index in [9.17, 15) is 13.2 Å². The number of halogens is 3. The highest BCUT2D eigenvalue weighted by Gasteiger charge is 2.33. The number of hydrogen-bond acceptors (Lipinski definition) is 2. The molecule has 0 amide bonds. The molecule has 2 aromatic carbocycles. The third-order valence-electron chi connectivity index (χ3n) is 3.06. The Morgan fingerprint density at radius 3 is 2.26 bits per heavy atom. The van der Waals surface area contributed by atoms with Crippen LogP contribution in [0.4, 0.5) is 19.0 Å². The van der Waals surface area contributed by atoms with Gasteiger partial charge in [0.25, 0.3) is 0 Å². The van der Waals surface area contributed by atoms with Crippen LogP contribution in [0, 0.1) is 0 Å². The highest BCUT2D eigenvalue weighted by atomic mass is 19.4. The summed E-state index contributed by atoms with van der Waals surface area (Å²) in [6.45, 7) is 0. The molecule has 2 N–H and O–H groups in total. The van der Waals surface area contributed by atoms with Crippen LogP contribution in [-0.2, 0) is 6.18 Å². The van der Waals surface area contributed by atoms with Gasteiger partial charge in [-0.05, 0) is 17.5 Å². The van der Waals surface area contributed by atoms with Gasteiger partial charge >= 0.3 is 6.18 Å². The van der Waals surface area contributed by atoms with Crippen molar-refractivity contribution in [2.75, 3.05) is 5.73 Å². The Labute approximate surface area is 106 Å². The third kappa shape index (κ3) is 1.78. The lowest BCUT2D eigenvalue weighted by molar-refractivity contribution is -0.136. The predicted molar refractivity (Wildman–Crippen MR) is 68.7 cm³/mol. The van der Waals surface area contributed by atoms with Crippen LogP contribution in [0.2, 0.25) is 0 Å². The lowest BCUT2D eigenvalue weighted by Gasteiger charge is -2.13. The summed E-state index contributed by atoms with van der Waals surface area (Å²) >= 11 is 0. The normalized spacial score (nSPS) is 12.2. The molecule has 2 nitrogen and oxygen atoms in total. The van der Waals surface area contributed by atoms with Crippen molar-refractivity contribution in [1.29, 1.82) is 0 Å². The van der Waals surface area contributed by atoms with Gasteiger partial charge in [-0.25, -0.2) is 4.98 Å². The topological polar surface area (TPSA) is 38.9 Å². The van der Waals surface area contributed by atoms with Crippen molar-refractivity contribution < 1.29 is 13.2 Å². The standard InChI is InChI=1S/C14H9F3N2/c15-14(16,17)10-6-3-7-11-12(10)8-4-1-2-5-9(8)13(18)19-11/h1-7H,(H2,18,19). The van der Waals surface area contributed by atoms with Crippen molar-refractivity contribution in [2.24, 2.45) is 0 Å². The number of aromatic nitrogens is 1. The Kier molecular flexibility index (Phi) is 2.38. The fourth-order valence-electron chi connectivity index (χ4n) is 2.27. The van der Waals surface area contributed by atoms with Gasteiger partial charge in [0, 0.05) is 10.8 Å². The first-order valence-corrected chi connectivity index (χ1v) is 5.62. The SMILES string of the molecule is Nc1nc2cccc(C(F)(F)F)c2c2ccccc12. The lowest BCUT2D eigenvalue weighted by atomic mass is 10.0. The fraction of sp³-hybridized carbons (Fsp3) is 0.0714. The number of hydrogen-bond donors (Lipinski definition) is 1. The van der Waals surface area contributed by atoms with E-state index in [0.29, 0.717) is 10.8 Å². The first-order valence-electron chi connectivity index (χ1n) is 5.62. The van der Waals surface area contributed by atoms with E-state index in [1.807, 2.05) is 0 Å². The van der Waals surface area contributed by atoms with E-state index in [4.69, 9.17) is 5.73 Å². The zero-order chi connectivity index (χ0) is 13.6. The van der Waals surface area contributed by atoms with Gasteiger partial charge in [-0.2, -0.15) is 13.2 Å². The molecule has 0 bridgehead atoms. The molecule has 3 rings (SSSR count). The van der Waals surface area contributed by atoms with E-state index in [2.05, 4.69) is 4.98 Å². The summed E-state index contributed by atoms with van der Waals surface area (Å²) in [5.41, 5.74) is 5.36. The third-order valence-corrected chi connectivity index (χ3v) is 3.06. The average molecular weight is 262 g/mol. The van der Waals surface area contributed by atoms with Gasteiger partial charge in [-0.1, -0.05) is 30.3 Å². The Morgan fingerprint density at radius 1 is 0.895 bits per heavy atom. The molecule has 0 radical (unpaired) electrons. The smallest absolute Gasteiger partial charge is 0.383 e. The summed E-state index contributed by atoms with van der Waals surface area (Å²) in [4.78, 5) is 4.06. The van der Waals surface area contributed by atoms with Gasteiger partial charge in [0.15, 0.2) is 0 Å². The number of nitrogen functional groups attached to an aromatic ring is 1. The van der Waals surface area contributed by atoms with E-state index in [-0.39, 0.29) is 16.7 Å². The van der Waals surface area contributed by atoms with E-state index in [1.165, 1.54) is 12.1 Å². The summed E-state index contributed by atoms with van der Waals surface area (Å²) in [6, 6.07) is 10.7. The van der Waals surface area contributed by atoms with Crippen LogP contribution < -0.4 is 5.73 Å². The highest BCUT2D eigenvalue weighted by Crippen LogP contribution is 2.38. The van der Waals surface area contributed by atoms with Crippen LogP contribution in [0.25, 0.3) is 21.7 Å².